The molecule has 0 aliphatic carbocycles. The van der Waals surface area contributed by atoms with Crippen molar-refractivity contribution in [2.45, 2.75) is 19.3 Å². The Hall–Kier alpha value is -1.20. The number of aromatic nitrogens is 2. The number of amides is 1. The average molecular weight is 269 g/mol. The Morgan fingerprint density at radius 1 is 1.28 bits per heavy atom. The van der Waals surface area contributed by atoms with Crippen LogP contribution in [0, 0.1) is 0 Å². The molecule has 0 radical (unpaired) electrons. The van der Waals surface area contributed by atoms with Gasteiger partial charge >= 0.3 is 0 Å². The number of halogens is 1. The van der Waals surface area contributed by atoms with Gasteiger partial charge in [0.15, 0.2) is 10.8 Å². The number of nitrogens with one attached hydrogen (secondary N) is 1. The average Bonchev–Trinajstić information content (AvgIpc) is 2.40. The first-order chi connectivity index (χ1) is 8.75. The van der Waals surface area contributed by atoms with Crippen LogP contribution >= 0.6 is 11.6 Å². The summed E-state index contributed by atoms with van der Waals surface area (Å²) in [5.74, 6) is -0.198. The summed E-state index contributed by atoms with van der Waals surface area (Å²) in [4.78, 5) is 14.1. The van der Waals surface area contributed by atoms with Gasteiger partial charge in [0.05, 0.1) is 0 Å². The van der Waals surface area contributed by atoms with Gasteiger partial charge in [-0.05, 0) is 38.1 Å². The van der Waals surface area contributed by atoms with Gasteiger partial charge < -0.3 is 10.2 Å². The molecule has 6 heteroatoms. The number of carbonyl (C=O) groups is 1. The first-order valence-electron chi connectivity index (χ1n) is 6.25. The lowest BCUT2D eigenvalue weighted by molar-refractivity contribution is 0.0940. The molecule has 0 atom stereocenters. The molecule has 0 bridgehead atoms. The fraction of sp³-hybridized carbons (Fsp3) is 0.583. The maximum absolute atomic E-state index is 11.7. The van der Waals surface area contributed by atoms with E-state index in [4.69, 9.17) is 11.6 Å². The second-order valence-corrected chi connectivity index (χ2v) is 4.79. The highest BCUT2D eigenvalue weighted by Gasteiger charge is 2.11. The lowest BCUT2D eigenvalue weighted by Crippen LogP contribution is -2.37. The SMILES string of the molecule is O=C(NCCN1CCCCC1)c1ccc(Cl)nn1. The zero-order valence-electron chi connectivity index (χ0n) is 10.2. The molecular formula is C12H17ClN4O. The zero-order chi connectivity index (χ0) is 12.8. The van der Waals surface area contributed by atoms with Crippen molar-refractivity contribution < 1.29 is 4.79 Å². The van der Waals surface area contributed by atoms with Crippen molar-refractivity contribution in [3.8, 4) is 0 Å². The molecule has 0 unspecified atom stereocenters. The number of likely N-dealkylation sites (tertiary alicyclic amines) is 1. The molecule has 1 fully saturated rings. The summed E-state index contributed by atoms with van der Waals surface area (Å²) in [6.07, 6.45) is 3.84. The van der Waals surface area contributed by atoms with Crippen LogP contribution in [0.25, 0.3) is 0 Å². The fourth-order valence-electron chi connectivity index (χ4n) is 2.04. The third kappa shape index (κ3) is 3.92. The summed E-state index contributed by atoms with van der Waals surface area (Å²) in [5.41, 5.74) is 0.304. The fourth-order valence-corrected chi connectivity index (χ4v) is 2.14. The van der Waals surface area contributed by atoms with E-state index < -0.39 is 0 Å². The van der Waals surface area contributed by atoms with Crippen molar-refractivity contribution in [3.05, 3.63) is 23.0 Å². The second kappa shape index (κ2) is 6.66. The minimum Gasteiger partial charge on any atom is -0.349 e. The summed E-state index contributed by atoms with van der Waals surface area (Å²) >= 11 is 5.61. The van der Waals surface area contributed by atoms with Gasteiger partial charge in [0, 0.05) is 13.1 Å². The van der Waals surface area contributed by atoms with Crippen LogP contribution in [0.4, 0.5) is 0 Å². The molecule has 1 aromatic heterocycles. The molecule has 5 nitrogen and oxygen atoms in total. The van der Waals surface area contributed by atoms with E-state index in [1.54, 1.807) is 12.1 Å². The van der Waals surface area contributed by atoms with Gasteiger partial charge in [-0.15, -0.1) is 10.2 Å². The Bertz CT molecular complexity index is 390. The van der Waals surface area contributed by atoms with Crippen molar-refractivity contribution >= 4 is 17.5 Å². The minimum atomic E-state index is -0.198. The summed E-state index contributed by atoms with van der Waals surface area (Å²) in [6.45, 7) is 3.81. The van der Waals surface area contributed by atoms with E-state index in [0.717, 1.165) is 19.6 Å². The molecule has 2 rings (SSSR count). The number of carbonyl (C=O) groups excluding carboxylic acids is 1. The van der Waals surface area contributed by atoms with Crippen LogP contribution in [0.2, 0.25) is 5.15 Å². The number of rotatable bonds is 4. The standard InChI is InChI=1S/C12H17ClN4O/c13-11-5-4-10(15-16-11)12(18)14-6-9-17-7-2-1-3-8-17/h4-5H,1-3,6-9H2,(H,14,18). The number of nitrogens with zero attached hydrogens (tertiary/aromatic N) is 3. The van der Waals surface area contributed by atoms with Gasteiger partial charge in [0.1, 0.15) is 0 Å². The zero-order valence-corrected chi connectivity index (χ0v) is 11.0. The molecule has 1 aliphatic heterocycles. The van der Waals surface area contributed by atoms with Crippen LogP contribution in [0.3, 0.4) is 0 Å². The van der Waals surface area contributed by atoms with E-state index in [0.29, 0.717) is 17.4 Å². The topological polar surface area (TPSA) is 58.1 Å². The van der Waals surface area contributed by atoms with Crippen molar-refractivity contribution in [2.75, 3.05) is 26.2 Å². The third-order valence-corrected chi connectivity index (χ3v) is 3.23. The molecule has 1 aliphatic rings. The van der Waals surface area contributed by atoms with Crippen LogP contribution in [0.15, 0.2) is 12.1 Å². The minimum absolute atomic E-state index is 0.198. The molecule has 1 amide bonds. The van der Waals surface area contributed by atoms with Crippen LogP contribution in [0.1, 0.15) is 29.8 Å². The quantitative estimate of drug-likeness (QED) is 0.896. The number of piperidine rings is 1. The largest absolute Gasteiger partial charge is 0.349 e. The maximum atomic E-state index is 11.7. The van der Waals surface area contributed by atoms with E-state index in [-0.39, 0.29) is 5.91 Å². The molecule has 2 heterocycles. The summed E-state index contributed by atoms with van der Waals surface area (Å²) < 4.78 is 0. The van der Waals surface area contributed by atoms with E-state index in [9.17, 15) is 4.79 Å². The van der Waals surface area contributed by atoms with Crippen molar-refractivity contribution in [1.82, 2.24) is 20.4 Å². The Kier molecular flexibility index (Phi) is 4.90. The van der Waals surface area contributed by atoms with Gasteiger partial charge in [-0.25, -0.2) is 0 Å². The number of hydrogen-bond donors (Lipinski definition) is 1. The van der Waals surface area contributed by atoms with Crippen LogP contribution in [-0.2, 0) is 0 Å². The van der Waals surface area contributed by atoms with E-state index in [1.165, 1.54) is 19.3 Å². The highest BCUT2D eigenvalue weighted by Crippen LogP contribution is 2.07. The van der Waals surface area contributed by atoms with Crippen molar-refractivity contribution in [1.29, 1.82) is 0 Å². The van der Waals surface area contributed by atoms with Crippen molar-refractivity contribution in [3.63, 3.8) is 0 Å². The lowest BCUT2D eigenvalue weighted by Gasteiger charge is -2.26. The molecule has 0 aromatic carbocycles. The van der Waals surface area contributed by atoms with Crippen molar-refractivity contribution in [2.24, 2.45) is 0 Å². The third-order valence-electron chi connectivity index (χ3n) is 3.03. The van der Waals surface area contributed by atoms with Gasteiger partial charge in [0.25, 0.3) is 5.91 Å². The van der Waals surface area contributed by atoms with E-state index in [1.807, 2.05) is 0 Å². The number of hydrogen-bond acceptors (Lipinski definition) is 4. The van der Waals surface area contributed by atoms with E-state index in [2.05, 4.69) is 20.4 Å². The molecular weight excluding hydrogens is 252 g/mol. The Morgan fingerprint density at radius 3 is 2.72 bits per heavy atom. The smallest absolute Gasteiger partial charge is 0.271 e. The summed E-state index contributed by atoms with van der Waals surface area (Å²) in [5, 5.41) is 10.5. The monoisotopic (exact) mass is 268 g/mol. The maximum Gasteiger partial charge on any atom is 0.271 e. The first kappa shape index (κ1) is 13.2. The molecule has 0 saturated carbocycles. The highest BCUT2D eigenvalue weighted by atomic mass is 35.5. The van der Waals surface area contributed by atoms with Crippen LogP contribution < -0.4 is 5.32 Å². The second-order valence-electron chi connectivity index (χ2n) is 4.40. The van der Waals surface area contributed by atoms with Gasteiger partial charge in [0.2, 0.25) is 0 Å². The van der Waals surface area contributed by atoms with E-state index >= 15 is 0 Å². The first-order valence-corrected chi connectivity index (χ1v) is 6.63. The predicted octanol–water partition coefficient (Wildman–Crippen LogP) is 1.35. The molecule has 1 saturated heterocycles. The summed E-state index contributed by atoms with van der Waals surface area (Å²) in [7, 11) is 0. The normalized spacial score (nSPS) is 16.5. The molecule has 1 aromatic rings. The van der Waals surface area contributed by atoms with Gasteiger partial charge in [-0.2, -0.15) is 0 Å². The predicted molar refractivity (Wildman–Crippen MR) is 69.7 cm³/mol. The Labute approximate surface area is 112 Å². The highest BCUT2D eigenvalue weighted by molar-refractivity contribution is 6.29. The molecule has 1 N–H and O–H groups in total. The lowest BCUT2D eigenvalue weighted by atomic mass is 10.1. The Balaban J connectivity index is 1.72. The van der Waals surface area contributed by atoms with Gasteiger partial charge in [-0.3, -0.25) is 4.79 Å². The molecule has 98 valence electrons. The van der Waals surface area contributed by atoms with Crippen LogP contribution in [0.5, 0.6) is 0 Å². The summed E-state index contributed by atoms with van der Waals surface area (Å²) in [6, 6.07) is 3.14. The Morgan fingerprint density at radius 2 is 2.06 bits per heavy atom. The van der Waals surface area contributed by atoms with Crippen LogP contribution in [-0.4, -0.2) is 47.2 Å². The molecule has 18 heavy (non-hydrogen) atoms. The molecule has 0 spiro atoms. The van der Waals surface area contributed by atoms with Gasteiger partial charge in [-0.1, -0.05) is 18.0 Å².